The molecule has 3 N–H and O–H groups in total. The van der Waals surface area contributed by atoms with Gasteiger partial charge >= 0.3 is 0 Å². The molecular weight excluding hydrogens is 256 g/mol. The van der Waals surface area contributed by atoms with Crippen molar-refractivity contribution in [2.24, 2.45) is 0 Å². The number of nitrogen functional groups attached to an aromatic ring is 1. The molecule has 0 aliphatic carbocycles. The molecule has 0 radical (unpaired) electrons. The third-order valence-electron chi connectivity index (χ3n) is 2.48. The van der Waals surface area contributed by atoms with Crippen LogP contribution in [-0.4, -0.2) is 38.0 Å². The molecule has 0 amide bonds. The van der Waals surface area contributed by atoms with Gasteiger partial charge in [-0.15, -0.1) is 0 Å². The molecule has 0 aliphatic rings. The Labute approximate surface area is 107 Å². The molecule has 0 saturated heterocycles. The van der Waals surface area contributed by atoms with Gasteiger partial charge in [0, 0.05) is 32.5 Å². The van der Waals surface area contributed by atoms with Gasteiger partial charge in [0.15, 0.2) is 5.82 Å². The fourth-order valence-corrected chi connectivity index (χ4v) is 2.82. The first-order valence-corrected chi connectivity index (χ1v) is 7.23. The molecule has 0 spiro atoms. The molecule has 0 bridgehead atoms. The van der Waals surface area contributed by atoms with Crippen LogP contribution in [0.25, 0.3) is 0 Å². The lowest BCUT2D eigenvalue weighted by atomic mass is 10.3. The molecule has 0 saturated carbocycles. The van der Waals surface area contributed by atoms with Crippen molar-refractivity contribution in [3.63, 3.8) is 0 Å². The number of hydrogen-bond acceptors (Lipinski definition) is 5. The van der Waals surface area contributed by atoms with Gasteiger partial charge < -0.3 is 10.5 Å². The number of nitrogens with two attached hydrogens (primary N) is 1. The summed E-state index contributed by atoms with van der Waals surface area (Å²) in [6.07, 6.45) is 2.03. The predicted octanol–water partition coefficient (Wildman–Crippen LogP) is 0.189. The van der Waals surface area contributed by atoms with E-state index in [9.17, 15) is 8.42 Å². The van der Waals surface area contributed by atoms with E-state index in [1.165, 1.54) is 10.9 Å². The lowest BCUT2D eigenvalue weighted by molar-refractivity contribution is 0.188. The van der Waals surface area contributed by atoms with E-state index >= 15 is 0 Å². The lowest BCUT2D eigenvalue weighted by Gasteiger charge is -2.12. The van der Waals surface area contributed by atoms with Crippen molar-refractivity contribution in [2.45, 2.75) is 37.8 Å². The standard InChI is InChI=1S/C10H20N4O3S/c1-4-14-7-9(10(11)12-14)18(15,16)13-8(2)5-6-17-3/h7-8,13H,4-6H2,1-3H3,(H2,11,12). The minimum Gasteiger partial charge on any atom is -0.385 e. The van der Waals surface area contributed by atoms with Crippen molar-refractivity contribution >= 4 is 15.8 Å². The highest BCUT2D eigenvalue weighted by molar-refractivity contribution is 7.89. The zero-order valence-corrected chi connectivity index (χ0v) is 11.7. The first-order valence-electron chi connectivity index (χ1n) is 5.75. The van der Waals surface area contributed by atoms with Crippen molar-refractivity contribution < 1.29 is 13.2 Å². The van der Waals surface area contributed by atoms with Crippen LogP contribution in [0.3, 0.4) is 0 Å². The van der Waals surface area contributed by atoms with Gasteiger partial charge in [0.2, 0.25) is 10.0 Å². The smallest absolute Gasteiger partial charge is 0.246 e. The maximum absolute atomic E-state index is 12.1. The van der Waals surface area contributed by atoms with E-state index in [0.29, 0.717) is 19.6 Å². The minimum atomic E-state index is -3.62. The van der Waals surface area contributed by atoms with E-state index in [2.05, 4.69) is 9.82 Å². The van der Waals surface area contributed by atoms with E-state index in [4.69, 9.17) is 10.5 Å². The number of anilines is 1. The quantitative estimate of drug-likeness (QED) is 0.740. The molecule has 0 aromatic carbocycles. The third-order valence-corrected chi connectivity index (χ3v) is 4.09. The Morgan fingerprint density at radius 2 is 2.28 bits per heavy atom. The molecule has 1 aromatic heterocycles. The zero-order valence-electron chi connectivity index (χ0n) is 10.9. The van der Waals surface area contributed by atoms with Crippen molar-refractivity contribution in [1.82, 2.24) is 14.5 Å². The van der Waals surface area contributed by atoms with Gasteiger partial charge in [-0.05, 0) is 20.3 Å². The summed E-state index contributed by atoms with van der Waals surface area (Å²) in [4.78, 5) is 0.0219. The van der Waals surface area contributed by atoms with Crippen LogP contribution in [0.4, 0.5) is 5.82 Å². The number of sulfonamides is 1. The second-order valence-corrected chi connectivity index (χ2v) is 5.72. The van der Waals surface area contributed by atoms with Crippen molar-refractivity contribution in [1.29, 1.82) is 0 Å². The summed E-state index contributed by atoms with van der Waals surface area (Å²) < 4.78 is 33.1. The molecule has 1 aromatic rings. The van der Waals surface area contributed by atoms with Gasteiger partial charge in [0.05, 0.1) is 0 Å². The summed E-state index contributed by atoms with van der Waals surface area (Å²) in [7, 11) is -2.05. The number of rotatable bonds is 7. The Morgan fingerprint density at radius 3 is 2.78 bits per heavy atom. The lowest BCUT2D eigenvalue weighted by Crippen LogP contribution is -2.33. The molecule has 1 heterocycles. The van der Waals surface area contributed by atoms with Crippen LogP contribution in [-0.2, 0) is 21.3 Å². The molecule has 18 heavy (non-hydrogen) atoms. The highest BCUT2D eigenvalue weighted by atomic mass is 32.2. The molecule has 1 rings (SSSR count). The monoisotopic (exact) mass is 276 g/mol. The number of aromatic nitrogens is 2. The van der Waals surface area contributed by atoms with E-state index in [-0.39, 0.29) is 16.8 Å². The summed E-state index contributed by atoms with van der Waals surface area (Å²) in [6.45, 7) is 4.70. The molecule has 1 unspecified atom stereocenters. The summed E-state index contributed by atoms with van der Waals surface area (Å²) in [5.41, 5.74) is 5.60. The average molecular weight is 276 g/mol. The van der Waals surface area contributed by atoms with Crippen LogP contribution in [0.2, 0.25) is 0 Å². The van der Waals surface area contributed by atoms with Crippen LogP contribution in [0.15, 0.2) is 11.1 Å². The average Bonchev–Trinajstić information content (AvgIpc) is 2.68. The zero-order chi connectivity index (χ0) is 13.8. The second kappa shape index (κ2) is 6.17. The van der Waals surface area contributed by atoms with E-state index in [0.717, 1.165) is 0 Å². The summed E-state index contributed by atoms with van der Waals surface area (Å²) in [5.74, 6) is 0.0169. The largest absolute Gasteiger partial charge is 0.385 e. The highest BCUT2D eigenvalue weighted by Crippen LogP contribution is 2.16. The van der Waals surface area contributed by atoms with Gasteiger partial charge in [0.25, 0.3) is 0 Å². The number of nitrogens with one attached hydrogen (secondary N) is 1. The first kappa shape index (κ1) is 14.9. The number of methoxy groups -OCH3 is 1. The molecular formula is C10H20N4O3S. The normalized spacial score (nSPS) is 13.7. The Balaban J connectivity index is 2.82. The molecule has 104 valence electrons. The maximum Gasteiger partial charge on any atom is 0.246 e. The summed E-state index contributed by atoms with van der Waals surface area (Å²) >= 11 is 0. The Hall–Kier alpha value is -1.12. The van der Waals surface area contributed by atoms with Crippen molar-refractivity contribution in [2.75, 3.05) is 19.5 Å². The molecule has 8 heteroatoms. The molecule has 1 atom stereocenters. The topological polar surface area (TPSA) is 99.2 Å². The maximum atomic E-state index is 12.1. The summed E-state index contributed by atoms with van der Waals surface area (Å²) in [5, 5.41) is 3.92. The van der Waals surface area contributed by atoms with Gasteiger partial charge in [-0.2, -0.15) is 5.10 Å². The minimum absolute atomic E-state index is 0.0169. The molecule has 7 nitrogen and oxygen atoms in total. The molecule has 0 aliphatic heterocycles. The number of aryl methyl sites for hydroxylation is 1. The van der Waals surface area contributed by atoms with E-state index < -0.39 is 10.0 Å². The first-order chi connectivity index (χ1) is 8.40. The Kier molecular flexibility index (Phi) is 5.12. The molecule has 0 fully saturated rings. The van der Waals surface area contributed by atoms with Crippen molar-refractivity contribution in [3.05, 3.63) is 6.20 Å². The third kappa shape index (κ3) is 3.69. The highest BCUT2D eigenvalue weighted by Gasteiger charge is 2.22. The van der Waals surface area contributed by atoms with Crippen LogP contribution < -0.4 is 10.5 Å². The van der Waals surface area contributed by atoms with E-state index in [1.54, 1.807) is 14.0 Å². The second-order valence-electron chi connectivity index (χ2n) is 4.04. The fraction of sp³-hybridized carbons (Fsp3) is 0.700. The SMILES string of the molecule is CCn1cc(S(=O)(=O)NC(C)CCOC)c(N)n1. The van der Waals surface area contributed by atoms with Gasteiger partial charge in [-0.1, -0.05) is 0 Å². The van der Waals surface area contributed by atoms with Crippen LogP contribution in [0.1, 0.15) is 20.3 Å². The number of ether oxygens (including phenoxy) is 1. The van der Waals surface area contributed by atoms with Crippen molar-refractivity contribution in [3.8, 4) is 0 Å². The summed E-state index contributed by atoms with van der Waals surface area (Å²) in [6, 6.07) is -0.223. The fourth-order valence-electron chi connectivity index (χ4n) is 1.47. The number of nitrogens with zero attached hydrogens (tertiary/aromatic N) is 2. The van der Waals surface area contributed by atoms with Crippen LogP contribution in [0.5, 0.6) is 0 Å². The Morgan fingerprint density at radius 1 is 1.61 bits per heavy atom. The van der Waals surface area contributed by atoms with Gasteiger partial charge in [0.1, 0.15) is 4.90 Å². The predicted molar refractivity (Wildman–Crippen MR) is 68.6 cm³/mol. The van der Waals surface area contributed by atoms with Gasteiger partial charge in [-0.25, -0.2) is 13.1 Å². The van der Waals surface area contributed by atoms with Crippen LogP contribution >= 0.6 is 0 Å². The number of hydrogen-bond donors (Lipinski definition) is 2. The van der Waals surface area contributed by atoms with E-state index in [1.807, 2.05) is 6.92 Å². The van der Waals surface area contributed by atoms with Gasteiger partial charge in [-0.3, -0.25) is 4.68 Å². The van der Waals surface area contributed by atoms with Crippen LogP contribution in [0, 0.1) is 0 Å². The Bertz CT molecular complexity index is 483.